The third-order valence-corrected chi connectivity index (χ3v) is 7.19. The van der Waals surface area contributed by atoms with Gasteiger partial charge >= 0.3 is 0 Å². The van der Waals surface area contributed by atoms with Gasteiger partial charge in [0.2, 0.25) is 15.9 Å². The highest BCUT2D eigenvalue weighted by Gasteiger charge is 2.27. The van der Waals surface area contributed by atoms with Crippen LogP contribution in [-0.4, -0.2) is 25.9 Å². The van der Waals surface area contributed by atoms with Crippen molar-refractivity contribution in [1.29, 1.82) is 0 Å². The molecule has 0 aliphatic carbocycles. The van der Waals surface area contributed by atoms with Crippen LogP contribution < -0.4 is 14.8 Å². The first kappa shape index (κ1) is 26.4. The van der Waals surface area contributed by atoms with Crippen LogP contribution in [0.4, 0.5) is 5.69 Å². The van der Waals surface area contributed by atoms with Gasteiger partial charge < -0.3 is 10.1 Å². The van der Waals surface area contributed by atoms with Crippen molar-refractivity contribution in [2.75, 3.05) is 11.9 Å². The lowest BCUT2D eigenvalue weighted by molar-refractivity contribution is -0.124. The number of nitrogens with one attached hydrogen (secondary N) is 2. The first-order valence-electron chi connectivity index (χ1n) is 11.6. The van der Waals surface area contributed by atoms with Crippen molar-refractivity contribution < 1.29 is 17.9 Å². The number of carbonyl (C=O) groups excluding carboxylic acids is 1. The van der Waals surface area contributed by atoms with Crippen molar-refractivity contribution in [3.8, 4) is 5.75 Å². The van der Waals surface area contributed by atoms with Crippen molar-refractivity contribution >= 4 is 21.6 Å². The highest BCUT2D eigenvalue weighted by Crippen LogP contribution is 2.26. The Morgan fingerprint density at radius 2 is 1.80 bits per heavy atom. The van der Waals surface area contributed by atoms with Crippen LogP contribution in [0.1, 0.15) is 43.4 Å². The van der Waals surface area contributed by atoms with Crippen LogP contribution in [0.3, 0.4) is 0 Å². The first-order chi connectivity index (χ1) is 16.6. The fourth-order valence-corrected chi connectivity index (χ4v) is 4.47. The van der Waals surface area contributed by atoms with Gasteiger partial charge in [-0.2, -0.15) is 0 Å². The second-order valence-electron chi connectivity index (χ2n) is 9.27. The van der Waals surface area contributed by atoms with E-state index >= 15 is 0 Å². The maximum atomic E-state index is 12.8. The Labute approximate surface area is 208 Å². The van der Waals surface area contributed by atoms with Crippen molar-refractivity contribution in [2.24, 2.45) is 5.41 Å². The molecular weight excluding hydrogens is 462 g/mol. The molecule has 0 saturated carbocycles. The summed E-state index contributed by atoms with van der Waals surface area (Å²) in [7, 11) is -3.68. The average molecular weight is 496 g/mol. The number of aryl methyl sites for hydroxylation is 2. The summed E-state index contributed by atoms with van der Waals surface area (Å²) >= 11 is 0. The molecule has 3 aromatic rings. The zero-order chi connectivity index (χ0) is 25.5. The normalized spacial score (nSPS) is 11.8. The van der Waals surface area contributed by atoms with E-state index in [2.05, 4.69) is 21.1 Å². The summed E-state index contributed by atoms with van der Waals surface area (Å²) in [5.74, 6) is 0.742. The number of hydrogen-bond donors (Lipinski definition) is 2. The molecule has 1 amide bonds. The Bertz CT molecular complexity index is 1240. The lowest BCUT2D eigenvalue weighted by Crippen LogP contribution is -2.31. The van der Waals surface area contributed by atoms with Crippen LogP contribution in [0.25, 0.3) is 0 Å². The Balaban J connectivity index is 1.50. The summed E-state index contributed by atoms with van der Waals surface area (Å²) in [4.78, 5) is 17.0. The molecule has 0 aliphatic rings. The van der Waals surface area contributed by atoms with E-state index < -0.39 is 15.4 Å². The van der Waals surface area contributed by atoms with Crippen LogP contribution >= 0.6 is 0 Å². The van der Waals surface area contributed by atoms with E-state index in [-0.39, 0.29) is 17.3 Å². The first-order valence-corrected chi connectivity index (χ1v) is 13.1. The largest absolute Gasteiger partial charge is 0.493 e. The van der Waals surface area contributed by atoms with E-state index in [4.69, 9.17) is 4.74 Å². The third-order valence-electron chi connectivity index (χ3n) is 5.77. The van der Waals surface area contributed by atoms with E-state index in [1.165, 1.54) is 12.1 Å². The monoisotopic (exact) mass is 495 g/mol. The number of ether oxygens (including phenoxy) is 1. The Hall–Kier alpha value is -3.23. The molecule has 1 heterocycles. The molecule has 8 heteroatoms. The van der Waals surface area contributed by atoms with E-state index in [1.807, 2.05) is 39.8 Å². The van der Waals surface area contributed by atoms with Gasteiger partial charge in [-0.05, 0) is 79.8 Å². The SMILES string of the molecule is Cc1ccc(C)c(OCCCC(C)(C)C(=O)Nc2ccc(S(=O)(=O)NCc3cccnc3)cc2)c1. The van der Waals surface area contributed by atoms with Crippen LogP contribution in [0.5, 0.6) is 5.75 Å². The summed E-state index contributed by atoms with van der Waals surface area (Å²) in [5, 5.41) is 2.89. The number of benzene rings is 2. The van der Waals surface area contributed by atoms with E-state index in [0.717, 1.165) is 28.9 Å². The number of aromatic nitrogens is 1. The predicted molar refractivity (Wildman–Crippen MR) is 138 cm³/mol. The maximum Gasteiger partial charge on any atom is 0.240 e. The number of hydrogen-bond acceptors (Lipinski definition) is 5. The number of carbonyl (C=O) groups is 1. The zero-order valence-electron chi connectivity index (χ0n) is 20.7. The minimum absolute atomic E-state index is 0.127. The number of pyridine rings is 1. The van der Waals surface area contributed by atoms with Gasteiger partial charge in [0, 0.05) is 30.0 Å². The fraction of sp³-hybridized carbons (Fsp3) is 0.333. The molecule has 3 rings (SSSR count). The summed E-state index contributed by atoms with van der Waals surface area (Å²) in [5.41, 5.74) is 2.93. The van der Waals surface area contributed by atoms with E-state index in [1.54, 1.807) is 36.7 Å². The number of amides is 1. The second kappa shape index (κ2) is 11.5. The van der Waals surface area contributed by atoms with Crippen molar-refractivity contribution in [3.63, 3.8) is 0 Å². The summed E-state index contributed by atoms with van der Waals surface area (Å²) in [6.45, 7) is 8.50. The van der Waals surface area contributed by atoms with E-state index in [0.29, 0.717) is 18.7 Å². The molecule has 0 unspecified atom stereocenters. The molecule has 0 bridgehead atoms. The summed E-state index contributed by atoms with van der Waals surface area (Å²) in [6, 6.07) is 15.8. The Morgan fingerprint density at radius 1 is 1.06 bits per heavy atom. The molecule has 1 aromatic heterocycles. The van der Waals surface area contributed by atoms with Crippen molar-refractivity contribution in [1.82, 2.24) is 9.71 Å². The topological polar surface area (TPSA) is 97.4 Å². The van der Waals surface area contributed by atoms with Gasteiger partial charge in [0.25, 0.3) is 0 Å². The summed E-state index contributed by atoms with van der Waals surface area (Å²) in [6.07, 6.45) is 4.62. The Kier molecular flexibility index (Phi) is 8.64. The molecule has 2 N–H and O–H groups in total. The molecule has 0 atom stereocenters. The lowest BCUT2D eigenvalue weighted by atomic mass is 9.87. The van der Waals surface area contributed by atoms with Crippen molar-refractivity contribution in [2.45, 2.75) is 52.0 Å². The third kappa shape index (κ3) is 7.63. The molecular formula is C27H33N3O4S. The Morgan fingerprint density at radius 3 is 2.49 bits per heavy atom. The highest BCUT2D eigenvalue weighted by atomic mass is 32.2. The predicted octanol–water partition coefficient (Wildman–Crippen LogP) is 5.00. The minimum atomic E-state index is -3.68. The molecule has 35 heavy (non-hydrogen) atoms. The molecule has 186 valence electrons. The minimum Gasteiger partial charge on any atom is -0.493 e. The van der Waals surface area contributed by atoms with Gasteiger partial charge in [0.15, 0.2) is 0 Å². The van der Waals surface area contributed by atoms with Gasteiger partial charge in [-0.1, -0.05) is 32.0 Å². The maximum absolute atomic E-state index is 12.8. The van der Waals surface area contributed by atoms with E-state index in [9.17, 15) is 13.2 Å². The van der Waals surface area contributed by atoms with Gasteiger partial charge in [0.1, 0.15) is 5.75 Å². The highest BCUT2D eigenvalue weighted by molar-refractivity contribution is 7.89. The number of anilines is 1. The van der Waals surface area contributed by atoms with Crippen LogP contribution in [0.2, 0.25) is 0 Å². The number of rotatable bonds is 11. The second-order valence-corrected chi connectivity index (χ2v) is 11.0. The molecule has 2 aromatic carbocycles. The molecule has 0 spiro atoms. The number of nitrogens with zero attached hydrogens (tertiary/aromatic N) is 1. The molecule has 7 nitrogen and oxygen atoms in total. The standard InChI is InChI=1S/C27H33N3O4S/c1-20-8-9-21(2)25(17-20)34-16-6-14-27(3,4)26(31)30-23-10-12-24(13-11-23)35(32,33)29-19-22-7-5-15-28-18-22/h5,7-13,15,17-18,29H,6,14,16,19H2,1-4H3,(H,30,31). The lowest BCUT2D eigenvalue weighted by Gasteiger charge is -2.24. The van der Waals surface area contributed by atoms with Gasteiger partial charge in [0.05, 0.1) is 11.5 Å². The van der Waals surface area contributed by atoms with Gasteiger partial charge in [-0.3, -0.25) is 9.78 Å². The number of sulfonamides is 1. The van der Waals surface area contributed by atoms with Gasteiger partial charge in [-0.15, -0.1) is 0 Å². The molecule has 0 radical (unpaired) electrons. The van der Waals surface area contributed by atoms with Crippen molar-refractivity contribution in [3.05, 3.63) is 83.7 Å². The van der Waals surface area contributed by atoms with Gasteiger partial charge in [-0.25, -0.2) is 13.1 Å². The smallest absolute Gasteiger partial charge is 0.240 e. The zero-order valence-corrected chi connectivity index (χ0v) is 21.5. The van der Waals surface area contributed by atoms with Crippen LogP contribution in [0, 0.1) is 19.3 Å². The quantitative estimate of drug-likeness (QED) is 0.365. The molecule has 0 saturated heterocycles. The fourth-order valence-electron chi connectivity index (χ4n) is 3.45. The average Bonchev–Trinajstić information content (AvgIpc) is 2.83. The van der Waals surface area contributed by atoms with Crippen LogP contribution in [0.15, 0.2) is 71.9 Å². The molecule has 0 aliphatic heterocycles. The van der Waals surface area contributed by atoms with Crippen LogP contribution in [-0.2, 0) is 21.4 Å². The summed E-state index contributed by atoms with van der Waals surface area (Å²) < 4.78 is 33.6. The molecule has 0 fully saturated rings.